The number of anilines is 1. The number of rotatable bonds is 10. The molecule has 6 nitrogen and oxygen atoms in total. The third-order valence-corrected chi connectivity index (χ3v) is 6.73. The molecule has 2 aromatic rings. The first kappa shape index (κ1) is 23.9. The van der Waals surface area contributed by atoms with E-state index in [2.05, 4.69) is 29.2 Å². The van der Waals surface area contributed by atoms with E-state index in [1.165, 1.54) is 0 Å². The van der Waals surface area contributed by atoms with Gasteiger partial charge in [-0.2, -0.15) is 0 Å². The van der Waals surface area contributed by atoms with Gasteiger partial charge in [0.15, 0.2) is 0 Å². The van der Waals surface area contributed by atoms with Gasteiger partial charge in [-0.05, 0) is 49.9 Å². The Kier molecular flexibility index (Phi) is 8.43. The van der Waals surface area contributed by atoms with Crippen molar-refractivity contribution < 1.29 is 13.2 Å². The Hall–Kier alpha value is -2.38. The number of aryl methyl sites for hydroxylation is 3. The summed E-state index contributed by atoms with van der Waals surface area (Å²) in [6.07, 6.45) is 0.0827. The van der Waals surface area contributed by atoms with Crippen molar-refractivity contribution in [2.24, 2.45) is 5.92 Å². The summed E-state index contributed by atoms with van der Waals surface area (Å²) in [4.78, 5) is 12.5. The lowest BCUT2D eigenvalue weighted by Gasteiger charge is -2.24. The van der Waals surface area contributed by atoms with Crippen molar-refractivity contribution in [2.75, 3.05) is 18.4 Å². The molecule has 0 aliphatic carbocycles. The van der Waals surface area contributed by atoms with Crippen molar-refractivity contribution in [2.45, 2.75) is 52.0 Å². The Morgan fingerprint density at radius 3 is 2.17 bits per heavy atom. The van der Waals surface area contributed by atoms with Crippen molar-refractivity contribution in [3.8, 4) is 0 Å². The molecule has 0 saturated carbocycles. The van der Waals surface area contributed by atoms with Gasteiger partial charge in [0, 0.05) is 31.2 Å². The van der Waals surface area contributed by atoms with Gasteiger partial charge < -0.3 is 10.6 Å². The van der Waals surface area contributed by atoms with Crippen molar-refractivity contribution in [1.29, 1.82) is 0 Å². The average Bonchev–Trinajstić information content (AvgIpc) is 2.64. The molecular weight excluding hydrogens is 398 g/mol. The Morgan fingerprint density at radius 1 is 1.00 bits per heavy atom. The van der Waals surface area contributed by atoms with Crippen LogP contribution in [0.25, 0.3) is 0 Å². The normalized spacial score (nSPS) is 12.6. The Bertz CT molecular complexity index is 934. The van der Waals surface area contributed by atoms with Crippen molar-refractivity contribution >= 4 is 21.6 Å². The Labute approximate surface area is 180 Å². The zero-order valence-corrected chi connectivity index (χ0v) is 19.3. The second-order valence-electron chi connectivity index (χ2n) is 8.04. The highest BCUT2D eigenvalue weighted by molar-refractivity contribution is 7.89. The minimum atomic E-state index is -3.66. The molecule has 0 radical (unpaired) electrons. The van der Waals surface area contributed by atoms with Gasteiger partial charge >= 0.3 is 0 Å². The Morgan fingerprint density at radius 2 is 1.60 bits per heavy atom. The molecule has 0 fully saturated rings. The summed E-state index contributed by atoms with van der Waals surface area (Å²) in [5.74, 6) is 0.132. The van der Waals surface area contributed by atoms with Gasteiger partial charge in [-0.3, -0.25) is 4.79 Å². The standard InChI is InChI=1S/C23H33N3O3S/c1-16(2)21(26-20-9-7-6-8-10-20)15-24-22(27)11-12-25-30(28,29)23-18(4)13-17(3)14-19(23)5/h6-10,13-14,16,21,25-26H,11-12,15H2,1-5H3,(H,24,27). The monoisotopic (exact) mass is 431 g/mol. The summed E-state index contributed by atoms with van der Waals surface area (Å²) in [7, 11) is -3.66. The molecule has 3 N–H and O–H groups in total. The van der Waals surface area contributed by atoms with E-state index in [4.69, 9.17) is 0 Å². The average molecular weight is 432 g/mol. The highest BCUT2D eigenvalue weighted by Gasteiger charge is 2.20. The highest BCUT2D eigenvalue weighted by atomic mass is 32.2. The number of benzene rings is 2. The van der Waals surface area contributed by atoms with Crippen molar-refractivity contribution in [3.63, 3.8) is 0 Å². The third kappa shape index (κ3) is 6.85. The van der Waals surface area contributed by atoms with E-state index >= 15 is 0 Å². The van der Waals surface area contributed by atoms with Crippen LogP contribution in [0.1, 0.15) is 37.0 Å². The highest BCUT2D eigenvalue weighted by Crippen LogP contribution is 2.21. The summed E-state index contributed by atoms with van der Waals surface area (Å²) >= 11 is 0. The molecule has 0 aliphatic heterocycles. The van der Waals surface area contributed by atoms with Crippen LogP contribution in [0.4, 0.5) is 5.69 Å². The zero-order valence-electron chi connectivity index (χ0n) is 18.5. The first-order chi connectivity index (χ1) is 14.1. The van der Waals surface area contributed by atoms with E-state index < -0.39 is 10.0 Å². The Balaban J connectivity index is 1.87. The first-order valence-corrected chi connectivity index (χ1v) is 11.7. The predicted molar refractivity (Wildman–Crippen MR) is 122 cm³/mol. The van der Waals surface area contributed by atoms with E-state index in [0.717, 1.165) is 11.3 Å². The number of hydrogen-bond acceptors (Lipinski definition) is 4. The molecule has 0 heterocycles. The van der Waals surface area contributed by atoms with Gasteiger partial charge in [0.1, 0.15) is 0 Å². The van der Waals surface area contributed by atoms with E-state index in [-0.39, 0.29) is 24.9 Å². The summed E-state index contributed by atoms with van der Waals surface area (Å²) in [6, 6.07) is 13.6. The van der Waals surface area contributed by atoms with Gasteiger partial charge in [-0.1, -0.05) is 49.7 Å². The summed E-state index contributed by atoms with van der Waals surface area (Å²) in [5.41, 5.74) is 3.43. The number of hydrogen-bond donors (Lipinski definition) is 3. The molecule has 2 aromatic carbocycles. The molecule has 164 valence electrons. The van der Waals surface area contributed by atoms with Gasteiger partial charge in [0.05, 0.1) is 4.90 Å². The van der Waals surface area contributed by atoms with Crippen molar-refractivity contribution in [3.05, 3.63) is 59.2 Å². The fourth-order valence-corrected chi connectivity index (χ4v) is 4.96. The van der Waals surface area contributed by atoms with Crippen LogP contribution in [0.2, 0.25) is 0 Å². The maximum atomic E-state index is 12.7. The SMILES string of the molecule is Cc1cc(C)c(S(=O)(=O)NCCC(=O)NCC(Nc2ccccc2)C(C)C)c(C)c1. The number of carbonyl (C=O) groups is 1. The van der Waals surface area contributed by atoms with Gasteiger partial charge in [0.2, 0.25) is 15.9 Å². The fourth-order valence-electron chi connectivity index (χ4n) is 3.48. The minimum absolute atomic E-state index is 0.0549. The molecule has 0 aromatic heterocycles. The van der Waals surface area contributed by atoms with Crippen LogP contribution in [0.3, 0.4) is 0 Å². The maximum Gasteiger partial charge on any atom is 0.241 e. The van der Waals surface area contributed by atoms with E-state index in [1.54, 1.807) is 13.8 Å². The molecule has 0 bridgehead atoms. The maximum absolute atomic E-state index is 12.7. The molecule has 1 atom stereocenters. The molecule has 2 rings (SSSR count). The summed E-state index contributed by atoms with van der Waals surface area (Å²) in [6.45, 7) is 10.2. The van der Waals surface area contributed by atoms with Crippen LogP contribution in [-0.4, -0.2) is 33.5 Å². The molecule has 7 heteroatoms. The minimum Gasteiger partial charge on any atom is -0.380 e. The van der Waals surface area contributed by atoms with E-state index in [9.17, 15) is 13.2 Å². The van der Waals surface area contributed by atoms with Crippen molar-refractivity contribution in [1.82, 2.24) is 10.0 Å². The van der Waals surface area contributed by atoms with E-state index in [0.29, 0.717) is 28.5 Å². The second-order valence-corrected chi connectivity index (χ2v) is 9.74. The largest absolute Gasteiger partial charge is 0.380 e. The lowest BCUT2D eigenvalue weighted by atomic mass is 10.0. The smallest absolute Gasteiger partial charge is 0.241 e. The quantitative estimate of drug-likeness (QED) is 0.537. The first-order valence-electron chi connectivity index (χ1n) is 10.3. The van der Waals surface area contributed by atoms with Gasteiger partial charge in [0.25, 0.3) is 0 Å². The molecule has 0 aliphatic rings. The van der Waals surface area contributed by atoms with Crippen LogP contribution in [0.15, 0.2) is 47.4 Å². The van der Waals surface area contributed by atoms with Gasteiger partial charge in [-0.15, -0.1) is 0 Å². The summed E-state index contributed by atoms with van der Waals surface area (Å²) in [5, 5.41) is 6.33. The number of para-hydroxylation sites is 1. The molecular formula is C23H33N3O3S. The number of nitrogens with one attached hydrogen (secondary N) is 3. The number of sulfonamides is 1. The number of amides is 1. The lowest BCUT2D eigenvalue weighted by Crippen LogP contribution is -2.40. The second kappa shape index (κ2) is 10.6. The van der Waals surface area contributed by atoms with Gasteiger partial charge in [-0.25, -0.2) is 13.1 Å². The zero-order chi connectivity index (χ0) is 22.3. The van der Waals surface area contributed by atoms with Crippen LogP contribution in [-0.2, 0) is 14.8 Å². The molecule has 0 spiro atoms. The number of carbonyl (C=O) groups excluding carboxylic acids is 1. The summed E-state index contributed by atoms with van der Waals surface area (Å²) < 4.78 is 27.9. The molecule has 1 amide bonds. The van der Waals surface area contributed by atoms with Crippen LogP contribution in [0, 0.1) is 26.7 Å². The lowest BCUT2D eigenvalue weighted by molar-refractivity contribution is -0.121. The molecule has 0 saturated heterocycles. The molecule has 30 heavy (non-hydrogen) atoms. The third-order valence-electron chi connectivity index (χ3n) is 4.97. The van der Waals surface area contributed by atoms with Crippen LogP contribution >= 0.6 is 0 Å². The van der Waals surface area contributed by atoms with E-state index in [1.807, 2.05) is 49.4 Å². The predicted octanol–water partition coefficient (Wildman–Crippen LogP) is 3.53. The molecule has 1 unspecified atom stereocenters. The van der Waals surface area contributed by atoms with Crippen LogP contribution in [0.5, 0.6) is 0 Å². The topological polar surface area (TPSA) is 87.3 Å². The fraction of sp³-hybridized carbons (Fsp3) is 0.435. The van der Waals surface area contributed by atoms with Crippen LogP contribution < -0.4 is 15.4 Å².